The Morgan fingerprint density at radius 1 is 1.07 bits per heavy atom. The van der Waals surface area contributed by atoms with E-state index in [1.165, 1.54) is 18.4 Å². The van der Waals surface area contributed by atoms with Gasteiger partial charge in [0.25, 0.3) is 0 Å². The van der Waals surface area contributed by atoms with Crippen LogP contribution in [0.4, 0.5) is 0 Å². The van der Waals surface area contributed by atoms with Crippen LogP contribution in [0.1, 0.15) is 24.3 Å². The quantitative estimate of drug-likeness (QED) is 0.325. The van der Waals surface area contributed by atoms with Crippen molar-refractivity contribution in [1.82, 2.24) is 0 Å². The van der Waals surface area contributed by atoms with Crippen molar-refractivity contribution in [2.45, 2.75) is 18.8 Å². The van der Waals surface area contributed by atoms with E-state index in [-0.39, 0.29) is 18.9 Å². The molecule has 1 aromatic carbocycles. The zero-order valence-corrected chi connectivity index (χ0v) is 8.61. The van der Waals surface area contributed by atoms with Gasteiger partial charge in [-0.25, -0.2) is 0 Å². The van der Waals surface area contributed by atoms with Gasteiger partial charge < -0.3 is 0 Å². The predicted molar refractivity (Wildman–Crippen MR) is 53.4 cm³/mol. The van der Waals surface area contributed by atoms with Crippen LogP contribution in [0.5, 0.6) is 0 Å². The monoisotopic (exact) mass is 176 g/mol. The van der Waals surface area contributed by atoms with Crippen molar-refractivity contribution in [3.8, 4) is 0 Å². The van der Waals surface area contributed by atoms with Gasteiger partial charge in [0.15, 0.2) is 0 Å². The molecule has 2 bridgehead atoms. The van der Waals surface area contributed by atoms with Crippen LogP contribution in [0.25, 0.3) is 0 Å². The first kappa shape index (κ1) is 10.1. The molecule has 66 valence electrons. The summed E-state index contributed by atoms with van der Waals surface area (Å²) in [5, 5.41) is 0. The number of allylic oxidation sites excluding steroid dienone is 2. The topological polar surface area (TPSA) is 0 Å². The number of benzene rings is 1. The Kier molecular flexibility index (Phi) is 2.86. The van der Waals surface area contributed by atoms with E-state index < -0.39 is 0 Å². The SMILES string of the molecule is [Li+].[c-]1ccc(C2CC3C=CC2C3)cc1. The number of hydrogen-bond acceptors (Lipinski definition) is 0. The Morgan fingerprint density at radius 2 is 1.86 bits per heavy atom. The average molecular weight is 176 g/mol. The van der Waals surface area contributed by atoms with Crippen molar-refractivity contribution in [2.75, 3.05) is 0 Å². The molecule has 1 aromatic rings. The van der Waals surface area contributed by atoms with Gasteiger partial charge in [-0.3, -0.25) is 0 Å². The third-order valence-electron chi connectivity index (χ3n) is 3.45. The minimum absolute atomic E-state index is 0. The van der Waals surface area contributed by atoms with Crippen molar-refractivity contribution in [3.05, 3.63) is 48.0 Å². The fourth-order valence-corrected chi connectivity index (χ4v) is 2.81. The Bertz CT molecular complexity index is 328. The molecule has 3 unspecified atom stereocenters. The Labute approximate surface area is 97.6 Å². The van der Waals surface area contributed by atoms with E-state index in [4.69, 9.17) is 0 Å². The largest absolute Gasteiger partial charge is 1.00 e. The Balaban J connectivity index is 0.000000750. The van der Waals surface area contributed by atoms with Crippen LogP contribution in [0.15, 0.2) is 36.4 Å². The van der Waals surface area contributed by atoms with E-state index in [0.717, 1.165) is 17.8 Å². The molecule has 2 aliphatic carbocycles. The summed E-state index contributed by atoms with van der Waals surface area (Å²) in [6.07, 6.45) is 7.57. The number of hydrogen-bond donors (Lipinski definition) is 0. The maximum Gasteiger partial charge on any atom is 1.00 e. The van der Waals surface area contributed by atoms with Crippen molar-refractivity contribution in [3.63, 3.8) is 0 Å². The Morgan fingerprint density at radius 3 is 2.43 bits per heavy atom. The molecule has 0 saturated heterocycles. The maximum atomic E-state index is 3.08. The summed E-state index contributed by atoms with van der Waals surface area (Å²) in [7, 11) is 0. The smallest absolute Gasteiger partial charge is 0.184 e. The van der Waals surface area contributed by atoms with Crippen LogP contribution in [0.3, 0.4) is 0 Å². The summed E-state index contributed by atoms with van der Waals surface area (Å²) in [6.45, 7) is 0. The molecule has 0 amide bonds. The van der Waals surface area contributed by atoms with Gasteiger partial charge in [0.1, 0.15) is 0 Å². The van der Waals surface area contributed by atoms with Crippen LogP contribution in [0.2, 0.25) is 0 Å². The molecule has 0 radical (unpaired) electrons. The second-order valence-corrected chi connectivity index (χ2v) is 4.22. The van der Waals surface area contributed by atoms with E-state index in [1.54, 1.807) is 0 Å². The van der Waals surface area contributed by atoms with Crippen molar-refractivity contribution >= 4 is 0 Å². The van der Waals surface area contributed by atoms with Gasteiger partial charge in [0.2, 0.25) is 0 Å². The molecule has 0 aliphatic heterocycles. The molecule has 0 N–H and O–H groups in total. The summed E-state index contributed by atoms with van der Waals surface area (Å²) in [5.41, 5.74) is 1.51. The predicted octanol–water partition coefficient (Wildman–Crippen LogP) is 0.170. The molecule has 0 aromatic heterocycles. The minimum Gasteiger partial charge on any atom is -0.184 e. The summed E-state index contributed by atoms with van der Waals surface area (Å²) in [4.78, 5) is 0. The molecule has 1 saturated carbocycles. The van der Waals surface area contributed by atoms with Crippen LogP contribution >= 0.6 is 0 Å². The average Bonchev–Trinajstić information content (AvgIpc) is 2.80. The third kappa shape index (κ3) is 1.58. The van der Waals surface area contributed by atoms with Gasteiger partial charge in [0, 0.05) is 0 Å². The van der Waals surface area contributed by atoms with E-state index in [2.05, 4.69) is 30.4 Å². The van der Waals surface area contributed by atoms with E-state index in [1.807, 2.05) is 12.1 Å². The molecule has 3 rings (SSSR count). The summed E-state index contributed by atoms with van der Waals surface area (Å²) < 4.78 is 0. The first-order valence-electron chi connectivity index (χ1n) is 5.08. The van der Waals surface area contributed by atoms with Gasteiger partial charge in [-0.05, 0) is 30.6 Å². The minimum atomic E-state index is 0. The number of fused-ring (bicyclic) bond motifs is 2. The first-order chi connectivity index (χ1) is 6.43. The third-order valence-corrected chi connectivity index (χ3v) is 3.45. The maximum absolute atomic E-state index is 3.08. The molecule has 2 aliphatic rings. The molecular formula is C13H13Li. The van der Waals surface area contributed by atoms with Crippen LogP contribution in [0, 0.1) is 17.9 Å². The molecule has 0 spiro atoms. The van der Waals surface area contributed by atoms with Gasteiger partial charge in [-0.1, -0.05) is 12.2 Å². The molecule has 0 heterocycles. The number of rotatable bonds is 1. The first-order valence-corrected chi connectivity index (χ1v) is 5.08. The van der Waals surface area contributed by atoms with Crippen molar-refractivity contribution in [1.29, 1.82) is 0 Å². The summed E-state index contributed by atoms with van der Waals surface area (Å²) in [5.74, 6) is 2.50. The molecule has 0 nitrogen and oxygen atoms in total. The molecule has 14 heavy (non-hydrogen) atoms. The van der Waals surface area contributed by atoms with Crippen molar-refractivity contribution < 1.29 is 18.9 Å². The molecule has 1 heteroatoms. The van der Waals surface area contributed by atoms with Gasteiger partial charge in [-0.15, -0.1) is 0 Å². The molecule has 1 fully saturated rings. The fraction of sp³-hybridized carbons (Fsp3) is 0.385. The molecular weight excluding hydrogens is 163 g/mol. The van der Waals surface area contributed by atoms with E-state index >= 15 is 0 Å². The Hall–Kier alpha value is -0.443. The van der Waals surface area contributed by atoms with Crippen LogP contribution in [-0.2, 0) is 0 Å². The second kappa shape index (κ2) is 3.97. The zero-order valence-electron chi connectivity index (χ0n) is 8.61. The van der Waals surface area contributed by atoms with Gasteiger partial charge >= 0.3 is 18.9 Å². The normalized spacial score (nSPS) is 33.0. The summed E-state index contributed by atoms with van der Waals surface area (Å²) >= 11 is 0. The second-order valence-electron chi connectivity index (χ2n) is 4.22. The summed E-state index contributed by atoms with van der Waals surface area (Å²) in [6, 6.07) is 11.6. The zero-order chi connectivity index (χ0) is 8.67. The standard InChI is InChI=1S/C13H13.Li/c1-2-4-11(5-3-1)13-9-10-6-7-12(13)8-10;/h2-7,10,12-13H,8-9H2;/q-1;+1. The van der Waals surface area contributed by atoms with E-state index in [0.29, 0.717) is 0 Å². The van der Waals surface area contributed by atoms with Crippen LogP contribution < -0.4 is 18.9 Å². The molecule has 3 atom stereocenters. The van der Waals surface area contributed by atoms with Crippen LogP contribution in [-0.4, -0.2) is 0 Å². The fourth-order valence-electron chi connectivity index (χ4n) is 2.81. The van der Waals surface area contributed by atoms with Crippen molar-refractivity contribution in [2.24, 2.45) is 11.8 Å². The van der Waals surface area contributed by atoms with E-state index in [9.17, 15) is 0 Å². The van der Waals surface area contributed by atoms with Gasteiger partial charge in [-0.2, -0.15) is 35.9 Å². The van der Waals surface area contributed by atoms with Gasteiger partial charge in [0.05, 0.1) is 0 Å².